The van der Waals surface area contributed by atoms with E-state index in [1.807, 2.05) is 20.8 Å². The molecule has 0 unspecified atom stereocenters. The SMILES string of the molecule is CCOc1ccc(C(=O)c2ccc(OC(C)C)cc2O)c(O)c1. The Morgan fingerprint density at radius 1 is 1.00 bits per heavy atom. The molecule has 122 valence electrons. The lowest BCUT2D eigenvalue weighted by atomic mass is 10.0. The van der Waals surface area contributed by atoms with Crippen LogP contribution in [0.2, 0.25) is 0 Å². The van der Waals surface area contributed by atoms with E-state index in [9.17, 15) is 15.0 Å². The van der Waals surface area contributed by atoms with E-state index in [0.717, 1.165) is 0 Å². The fourth-order valence-electron chi connectivity index (χ4n) is 2.15. The van der Waals surface area contributed by atoms with Crippen molar-refractivity contribution in [2.45, 2.75) is 26.9 Å². The molecule has 0 aliphatic rings. The number of rotatable bonds is 6. The zero-order valence-electron chi connectivity index (χ0n) is 13.4. The Hall–Kier alpha value is -2.69. The van der Waals surface area contributed by atoms with E-state index >= 15 is 0 Å². The lowest BCUT2D eigenvalue weighted by Gasteiger charge is -2.12. The highest BCUT2D eigenvalue weighted by molar-refractivity contribution is 6.12. The number of aromatic hydroxyl groups is 2. The van der Waals surface area contributed by atoms with Crippen LogP contribution in [0.5, 0.6) is 23.0 Å². The third-order valence-electron chi connectivity index (χ3n) is 3.11. The molecule has 0 spiro atoms. The molecule has 0 aliphatic carbocycles. The largest absolute Gasteiger partial charge is 0.507 e. The summed E-state index contributed by atoms with van der Waals surface area (Å²) in [6.07, 6.45) is -0.0360. The van der Waals surface area contributed by atoms with E-state index in [1.54, 1.807) is 12.1 Å². The number of carbonyl (C=O) groups excluding carboxylic acids is 1. The maximum atomic E-state index is 12.5. The van der Waals surface area contributed by atoms with Crippen molar-refractivity contribution in [3.8, 4) is 23.0 Å². The van der Waals surface area contributed by atoms with Crippen molar-refractivity contribution in [1.82, 2.24) is 0 Å². The molecular weight excluding hydrogens is 296 g/mol. The van der Waals surface area contributed by atoms with Gasteiger partial charge in [-0.2, -0.15) is 0 Å². The van der Waals surface area contributed by atoms with E-state index in [1.165, 1.54) is 24.3 Å². The minimum absolute atomic E-state index is 0.0360. The Balaban J connectivity index is 2.30. The van der Waals surface area contributed by atoms with Gasteiger partial charge in [0.05, 0.1) is 23.8 Å². The Kier molecular flexibility index (Phi) is 5.11. The molecule has 0 fully saturated rings. The number of ether oxygens (including phenoxy) is 2. The van der Waals surface area contributed by atoms with Crippen LogP contribution < -0.4 is 9.47 Å². The molecule has 0 amide bonds. The van der Waals surface area contributed by atoms with E-state index in [4.69, 9.17) is 9.47 Å². The molecule has 0 radical (unpaired) electrons. The zero-order chi connectivity index (χ0) is 17.0. The lowest BCUT2D eigenvalue weighted by Crippen LogP contribution is -2.07. The molecular formula is C18H20O5. The van der Waals surface area contributed by atoms with Crippen LogP contribution in [0.15, 0.2) is 36.4 Å². The second-order valence-corrected chi connectivity index (χ2v) is 5.29. The highest BCUT2D eigenvalue weighted by atomic mass is 16.5. The number of phenols is 2. The molecule has 0 atom stereocenters. The standard InChI is InChI=1S/C18H20O5/c1-4-22-12-5-7-14(16(19)9-12)18(21)15-8-6-13(10-17(15)20)23-11(2)3/h5-11,19-20H,4H2,1-3H3. The molecule has 2 rings (SSSR count). The van der Waals surface area contributed by atoms with E-state index in [0.29, 0.717) is 18.1 Å². The molecule has 2 N–H and O–H groups in total. The molecule has 0 bridgehead atoms. The Labute approximate surface area is 135 Å². The summed E-state index contributed by atoms with van der Waals surface area (Å²) in [5.41, 5.74) is 0.196. The third kappa shape index (κ3) is 3.94. The molecule has 5 heteroatoms. The molecule has 0 heterocycles. The van der Waals surface area contributed by atoms with Crippen molar-refractivity contribution in [2.75, 3.05) is 6.61 Å². The topological polar surface area (TPSA) is 76.0 Å². The molecule has 2 aromatic carbocycles. The average Bonchev–Trinajstić information content (AvgIpc) is 2.46. The number of ketones is 1. The van der Waals surface area contributed by atoms with Gasteiger partial charge in [0.2, 0.25) is 0 Å². The lowest BCUT2D eigenvalue weighted by molar-refractivity contribution is 0.103. The number of hydrogen-bond donors (Lipinski definition) is 2. The van der Waals surface area contributed by atoms with Crippen LogP contribution >= 0.6 is 0 Å². The monoisotopic (exact) mass is 316 g/mol. The van der Waals surface area contributed by atoms with Crippen LogP contribution in [0.3, 0.4) is 0 Å². The second-order valence-electron chi connectivity index (χ2n) is 5.29. The predicted octanol–water partition coefficient (Wildman–Crippen LogP) is 3.51. The minimum atomic E-state index is -0.473. The van der Waals surface area contributed by atoms with Crippen LogP contribution in [-0.2, 0) is 0 Å². The minimum Gasteiger partial charge on any atom is -0.507 e. The van der Waals surface area contributed by atoms with Crippen LogP contribution in [0.25, 0.3) is 0 Å². The predicted molar refractivity (Wildman–Crippen MR) is 86.6 cm³/mol. The molecule has 0 saturated carbocycles. The van der Waals surface area contributed by atoms with Crippen molar-refractivity contribution in [3.05, 3.63) is 47.5 Å². The van der Waals surface area contributed by atoms with Crippen LogP contribution in [0, 0.1) is 0 Å². The van der Waals surface area contributed by atoms with Crippen molar-refractivity contribution in [3.63, 3.8) is 0 Å². The van der Waals surface area contributed by atoms with Gasteiger partial charge in [-0.3, -0.25) is 4.79 Å². The van der Waals surface area contributed by atoms with Crippen LogP contribution in [-0.4, -0.2) is 28.7 Å². The van der Waals surface area contributed by atoms with Gasteiger partial charge in [-0.15, -0.1) is 0 Å². The smallest absolute Gasteiger partial charge is 0.200 e. The van der Waals surface area contributed by atoms with Gasteiger partial charge in [0.25, 0.3) is 0 Å². The van der Waals surface area contributed by atoms with E-state index < -0.39 is 5.78 Å². The van der Waals surface area contributed by atoms with Gasteiger partial charge in [0.1, 0.15) is 23.0 Å². The molecule has 0 saturated heterocycles. The summed E-state index contributed by atoms with van der Waals surface area (Å²) in [6, 6.07) is 8.93. The van der Waals surface area contributed by atoms with Gasteiger partial charge in [-0.05, 0) is 45.0 Å². The quantitative estimate of drug-likeness (QED) is 0.798. The summed E-state index contributed by atoms with van der Waals surface area (Å²) in [6.45, 7) is 6.03. The normalized spacial score (nSPS) is 10.6. The number of benzene rings is 2. The maximum Gasteiger partial charge on any atom is 0.200 e. The van der Waals surface area contributed by atoms with Crippen LogP contribution in [0.4, 0.5) is 0 Å². The Bertz CT molecular complexity index is 707. The maximum absolute atomic E-state index is 12.5. The molecule has 0 aliphatic heterocycles. The van der Waals surface area contributed by atoms with Gasteiger partial charge >= 0.3 is 0 Å². The highest BCUT2D eigenvalue weighted by Gasteiger charge is 2.18. The van der Waals surface area contributed by atoms with E-state index in [-0.39, 0.29) is 28.7 Å². The first-order valence-corrected chi connectivity index (χ1v) is 7.42. The molecule has 23 heavy (non-hydrogen) atoms. The fourth-order valence-corrected chi connectivity index (χ4v) is 2.15. The van der Waals surface area contributed by atoms with Gasteiger partial charge in [0, 0.05) is 12.1 Å². The Morgan fingerprint density at radius 3 is 2.00 bits per heavy atom. The molecule has 5 nitrogen and oxygen atoms in total. The zero-order valence-corrected chi connectivity index (χ0v) is 13.4. The van der Waals surface area contributed by atoms with Crippen LogP contribution in [0.1, 0.15) is 36.7 Å². The highest BCUT2D eigenvalue weighted by Crippen LogP contribution is 2.30. The second kappa shape index (κ2) is 7.05. The first-order valence-electron chi connectivity index (χ1n) is 7.42. The van der Waals surface area contributed by atoms with Gasteiger partial charge < -0.3 is 19.7 Å². The van der Waals surface area contributed by atoms with E-state index in [2.05, 4.69) is 0 Å². The van der Waals surface area contributed by atoms with Crippen molar-refractivity contribution >= 4 is 5.78 Å². The van der Waals surface area contributed by atoms with Crippen molar-refractivity contribution in [2.24, 2.45) is 0 Å². The average molecular weight is 316 g/mol. The van der Waals surface area contributed by atoms with Crippen molar-refractivity contribution < 1.29 is 24.5 Å². The fraction of sp³-hybridized carbons (Fsp3) is 0.278. The van der Waals surface area contributed by atoms with Gasteiger partial charge in [0.15, 0.2) is 5.78 Å². The summed E-state index contributed by atoms with van der Waals surface area (Å²) in [7, 11) is 0. The number of carbonyl (C=O) groups is 1. The Morgan fingerprint density at radius 2 is 1.52 bits per heavy atom. The van der Waals surface area contributed by atoms with Crippen molar-refractivity contribution in [1.29, 1.82) is 0 Å². The summed E-state index contributed by atoms with van der Waals surface area (Å²) >= 11 is 0. The summed E-state index contributed by atoms with van der Waals surface area (Å²) in [4.78, 5) is 12.5. The number of hydrogen-bond acceptors (Lipinski definition) is 5. The molecule has 0 aromatic heterocycles. The first kappa shape index (κ1) is 16.7. The summed E-state index contributed by atoms with van der Waals surface area (Å²) in [5, 5.41) is 20.1. The van der Waals surface area contributed by atoms with Gasteiger partial charge in [-0.1, -0.05) is 0 Å². The third-order valence-corrected chi connectivity index (χ3v) is 3.11. The first-order chi connectivity index (χ1) is 10.9. The summed E-state index contributed by atoms with van der Waals surface area (Å²) in [5.74, 6) is 0.0971. The number of phenolic OH excluding ortho intramolecular Hbond substituents is 2. The molecule has 2 aromatic rings. The summed E-state index contributed by atoms with van der Waals surface area (Å²) < 4.78 is 10.7. The van der Waals surface area contributed by atoms with Gasteiger partial charge in [-0.25, -0.2) is 0 Å².